The summed E-state index contributed by atoms with van der Waals surface area (Å²) in [5.41, 5.74) is 9.23. The highest BCUT2D eigenvalue weighted by molar-refractivity contribution is 6.31. The number of rotatable bonds is 2. The van der Waals surface area contributed by atoms with Crippen molar-refractivity contribution >= 4 is 22.4 Å². The predicted octanol–water partition coefficient (Wildman–Crippen LogP) is 3.89. The summed E-state index contributed by atoms with van der Waals surface area (Å²) in [6, 6.07) is 15.3. The van der Waals surface area contributed by atoms with Crippen LogP contribution in [0.5, 0.6) is 0 Å². The van der Waals surface area contributed by atoms with Gasteiger partial charge in [-0.1, -0.05) is 29.8 Å². The number of nitriles is 1. The molecule has 0 saturated heterocycles. The summed E-state index contributed by atoms with van der Waals surface area (Å²) >= 11 is 6.08. The molecular formula is C17H12ClN3. The summed E-state index contributed by atoms with van der Waals surface area (Å²) in [7, 11) is 0. The molecule has 2 N–H and O–H groups in total. The van der Waals surface area contributed by atoms with Gasteiger partial charge in [-0.05, 0) is 35.2 Å². The van der Waals surface area contributed by atoms with Crippen LogP contribution in [0.2, 0.25) is 5.02 Å². The van der Waals surface area contributed by atoms with Crippen LogP contribution in [0.3, 0.4) is 0 Å². The van der Waals surface area contributed by atoms with Gasteiger partial charge >= 0.3 is 0 Å². The third-order valence-corrected chi connectivity index (χ3v) is 3.69. The van der Waals surface area contributed by atoms with Gasteiger partial charge in [0.1, 0.15) is 0 Å². The molecule has 0 spiro atoms. The molecule has 0 amide bonds. The molecule has 0 radical (unpaired) electrons. The van der Waals surface area contributed by atoms with E-state index < -0.39 is 0 Å². The lowest BCUT2D eigenvalue weighted by Gasteiger charge is -2.10. The number of nitrogens with two attached hydrogens (primary N) is 1. The molecule has 0 unspecified atom stereocenters. The van der Waals surface area contributed by atoms with E-state index in [1.807, 2.05) is 36.5 Å². The fourth-order valence-electron chi connectivity index (χ4n) is 2.39. The van der Waals surface area contributed by atoms with E-state index in [1.54, 1.807) is 12.1 Å². The van der Waals surface area contributed by atoms with Crippen molar-refractivity contribution in [3.05, 3.63) is 64.9 Å². The smallest absolute Gasteiger partial charge is 0.0991 e. The van der Waals surface area contributed by atoms with Crippen LogP contribution in [0.1, 0.15) is 11.3 Å². The zero-order valence-corrected chi connectivity index (χ0v) is 11.9. The molecule has 4 heteroatoms. The molecule has 102 valence electrons. The number of halogens is 1. The van der Waals surface area contributed by atoms with E-state index in [1.165, 1.54) is 0 Å². The van der Waals surface area contributed by atoms with Crippen molar-refractivity contribution in [2.45, 2.75) is 6.54 Å². The molecule has 2 aromatic carbocycles. The second kappa shape index (κ2) is 5.53. The zero-order chi connectivity index (χ0) is 14.8. The van der Waals surface area contributed by atoms with Crippen LogP contribution in [0, 0.1) is 11.3 Å². The number of hydrogen-bond acceptors (Lipinski definition) is 3. The molecule has 3 nitrogen and oxygen atoms in total. The van der Waals surface area contributed by atoms with Gasteiger partial charge in [-0.25, -0.2) is 0 Å². The Morgan fingerprint density at radius 1 is 1.10 bits per heavy atom. The monoisotopic (exact) mass is 293 g/mol. The van der Waals surface area contributed by atoms with E-state index in [0.717, 1.165) is 27.6 Å². The quantitative estimate of drug-likeness (QED) is 0.780. The van der Waals surface area contributed by atoms with Crippen molar-refractivity contribution < 1.29 is 0 Å². The number of nitrogens with zero attached hydrogens (tertiary/aromatic N) is 2. The molecule has 3 rings (SSSR count). The summed E-state index contributed by atoms with van der Waals surface area (Å²) in [4.78, 5) is 4.44. The average molecular weight is 294 g/mol. The highest BCUT2D eigenvalue weighted by Gasteiger charge is 2.09. The van der Waals surface area contributed by atoms with Crippen molar-refractivity contribution in [3.63, 3.8) is 0 Å². The van der Waals surface area contributed by atoms with E-state index in [9.17, 15) is 0 Å². The van der Waals surface area contributed by atoms with Crippen molar-refractivity contribution in [1.82, 2.24) is 4.98 Å². The van der Waals surface area contributed by atoms with Crippen molar-refractivity contribution in [2.75, 3.05) is 0 Å². The maximum absolute atomic E-state index is 8.88. The van der Waals surface area contributed by atoms with Gasteiger partial charge in [0.25, 0.3) is 0 Å². The number of aromatic nitrogens is 1. The Bertz CT molecular complexity index is 848. The normalized spacial score (nSPS) is 10.5. The minimum absolute atomic E-state index is 0.366. The van der Waals surface area contributed by atoms with E-state index in [4.69, 9.17) is 22.6 Å². The van der Waals surface area contributed by atoms with Gasteiger partial charge in [-0.15, -0.1) is 0 Å². The molecule has 1 aromatic heterocycles. The fraction of sp³-hybridized carbons (Fsp3) is 0.0588. The minimum atomic E-state index is 0.366. The maximum Gasteiger partial charge on any atom is 0.0991 e. The van der Waals surface area contributed by atoms with Crippen molar-refractivity contribution in [1.29, 1.82) is 5.26 Å². The minimum Gasteiger partial charge on any atom is -0.325 e. The Kier molecular flexibility index (Phi) is 3.57. The zero-order valence-electron chi connectivity index (χ0n) is 11.2. The average Bonchev–Trinajstić information content (AvgIpc) is 2.54. The van der Waals surface area contributed by atoms with Gasteiger partial charge in [0.05, 0.1) is 17.3 Å². The Hall–Kier alpha value is -2.41. The summed E-state index contributed by atoms with van der Waals surface area (Å²) in [6.07, 6.45) is 1.82. The Balaban J connectivity index is 2.25. The van der Waals surface area contributed by atoms with E-state index in [2.05, 4.69) is 11.1 Å². The molecule has 0 bridgehead atoms. The van der Waals surface area contributed by atoms with Crippen LogP contribution in [0.15, 0.2) is 48.7 Å². The van der Waals surface area contributed by atoms with Gasteiger partial charge < -0.3 is 5.73 Å². The number of pyridine rings is 1. The lowest BCUT2D eigenvalue weighted by Crippen LogP contribution is -2.01. The third kappa shape index (κ3) is 2.47. The highest BCUT2D eigenvalue weighted by atomic mass is 35.5. The molecule has 0 atom stereocenters. The lowest BCUT2D eigenvalue weighted by atomic mass is 9.98. The summed E-state index contributed by atoms with van der Waals surface area (Å²) in [5, 5.41) is 11.6. The standard InChI is InChI=1S/C17H12ClN3/c18-13-5-6-14-15(7-13)17(9-20)21-10-16(14)12-3-1-11(8-19)2-4-12/h1-7,10H,9,20H2. The molecule has 3 aromatic rings. The molecule has 0 fully saturated rings. The van der Waals surface area contributed by atoms with Gasteiger partial charge in [0, 0.05) is 28.7 Å². The Morgan fingerprint density at radius 3 is 2.52 bits per heavy atom. The summed E-state index contributed by atoms with van der Waals surface area (Å²) in [6.45, 7) is 0.366. The first kappa shape index (κ1) is 13.6. The van der Waals surface area contributed by atoms with Gasteiger partial charge in [0.2, 0.25) is 0 Å². The Morgan fingerprint density at radius 2 is 1.86 bits per heavy atom. The third-order valence-electron chi connectivity index (χ3n) is 3.45. The lowest BCUT2D eigenvalue weighted by molar-refractivity contribution is 1.01. The molecule has 0 aliphatic rings. The molecule has 0 saturated carbocycles. The van der Waals surface area contributed by atoms with Crippen LogP contribution in [0.4, 0.5) is 0 Å². The van der Waals surface area contributed by atoms with E-state index in [0.29, 0.717) is 17.1 Å². The van der Waals surface area contributed by atoms with Crippen molar-refractivity contribution in [3.8, 4) is 17.2 Å². The SMILES string of the molecule is N#Cc1ccc(-c2cnc(CN)c3cc(Cl)ccc23)cc1. The Labute approximate surface area is 127 Å². The molecule has 1 heterocycles. The maximum atomic E-state index is 8.88. The van der Waals surface area contributed by atoms with Crippen molar-refractivity contribution in [2.24, 2.45) is 5.73 Å². The molecular weight excluding hydrogens is 282 g/mol. The van der Waals surface area contributed by atoms with Crippen LogP contribution in [0.25, 0.3) is 21.9 Å². The first-order valence-electron chi connectivity index (χ1n) is 6.50. The number of benzene rings is 2. The van der Waals surface area contributed by atoms with Crippen LogP contribution < -0.4 is 5.73 Å². The summed E-state index contributed by atoms with van der Waals surface area (Å²) < 4.78 is 0. The second-order valence-corrected chi connectivity index (χ2v) is 5.14. The van der Waals surface area contributed by atoms with E-state index >= 15 is 0 Å². The molecule has 0 aliphatic heterocycles. The van der Waals surface area contributed by atoms with Gasteiger partial charge in [0.15, 0.2) is 0 Å². The van der Waals surface area contributed by atoms with Crippen LogP contribution in [-0.2, 0) is 6.54 Å². The molecule has 0 aliphatic carbocycles. The highest BCUT2D eigenvalue weighted by Crippen LogP contribution is 2.31. The largest absolute Gasteiger partial charge is 0.325 e. The molecule has 21 heavy (non-hydrogen) atoms. The fourth-order valence-corrected chi connectivity index (χ4v) is 2.56. The predicted molar refractivity (Wildman–Crippen MR) is 84.8 cm³/mol. The first-order chi connectivity index (χ1) is 10.2. The second-order valence-electron chi connectivity index (χ2n) is 4.70. The van der Waals surface area contributed by atoms with Gasteiger partial charge in [-0.3, -0.25) is 4.98 Å². The van der Waals surface area contributed by atoms with Crippen LogP contribution in [-0.4, -0.2) is 4.98 Å². The van der Waals surface area contributed by atoms with E-state index in [-0.39, 0.29) is 0 Å². The topological polar surface area (TPSA) is 62.7 Å². The number of hydrogen-bond donors (Lipinski definition) is 1. The van der Waals surface area contributed by atoms with Crippen LogP contribution >= 0.6 is 11.6 Å². The number of fused-ring (bicyclic) bond motifs is 1. The summed E-state index contributed by atoms with van der Waals surface area (Å²) in [5.74, 6) is 0. The van der Waals surface area contributed by atoms with Gasteiger partial charge in [-0.2, -0.15) is 5.26 Å². The first-order valence-corrected chi connectivity index (χ1v) is 6.88.